The van der Waals surface area contributed by atoms with E-state index in [1.165, 1.54) is 12.3 Å². The van der Waals surface area contributed by atoms with E-state index in [2.05, 4.69) is 20.8 Å². The van der Waals surface area contributed by atoms with Gasteiger partial charge in [-0.15, -0.1) is 12.4 Å². The van der Waals surface area contributed by atoms with Crippen molar-refractivity contribution < 1.29 is 9.18 Å². The highest BCUT2D eigenvalue weighted by atomic mass is 35.5. The fourth-order valence-electron chi connectivity index (χ4n) is 2.15. The second kappa shape index (κ2) is 6.69. The topological polar surface area (TPSA) is 69.8 Å². The molecule has 0 radical (unpaired) electrons. The lowest BCUT2D eigenvalue weighted by molar-refractivity contribution is 0.0943. The van der Waals surface area contributed by atoms with E-state index in [-0.39, 0.29) is 24.1 Å². The van der Waals surface area contributed by atoms with Gasteiger partial charge >= 0.3 is 0 Å². The Labute approximate surface area is 127 Å². The standard InChI is InChI=1S/C14H15FN4O.ClH/c15-12-4-2-1-3-10(12)13-11(8-18-19-13)14(20)17-7-9-5-16-6-9;/h1-4,8-9,16H,5-7H2,(H,17,20)(H,18,19);1H. The minimum absolute atomic E-state index is 0. The minimum atomic E-state index is -0.381. The summed E-state index contributed by atoms with van der Waals surface area (Å²) in [6.45, 7) is 2.46. The molecule has 1 fully saturated rings. The first-order valence-corrected chi connectivity index (χ1v) is 6.53. The van der Waals surface area contributed by atoms with Crippen molar-refractivity contribution >= 4 is 18.3 Å². The van der Waals surface area contributed by atoms with Gasteiger partial charge in [0.2, 0.25) is 0 Å². The molecule has 21 heavy (non-hydrogen) atoms. The predicted octanol–water partition coefficient (Wildman–Crippen LogP) is 1.59. The molecule has 112 valence electrons. The molecule has 0 atom stereocenters. The number of rotatable bonds is 4. The van der Waals surface area contributed by atoms with Crippen LogP contribution in [0.4, 0.5) is 4.39 Å². The molecule has 0 spiro atoms. The molecule has 1 aromatic carbocycles. The predicted molar refractivity (Wildman–Crippen MR) is 79.9 cm³/mol. The van der Waals surface area contributed by atoms with Crippen LogP contribution in [0, 0.1) is 11.7 Å². The molecule has 3 N–H and O–H groups in total. The number of aromatic amines is 1. The fourth-order valence-corrected chi connectivity index (χ4v) is 2.15. The molecule has 0 aliphatic carbocycles. The van der Waals surface area contributed by atoms with E-state index in [0.717, 1.165) is 13.1 Å². The third-order valence-corrected chi connectivity index (χ3v) is 3.44. The molecule has 0 unspecified atom stereocenters. The number of H-pyrrole nitrogens is 1. The molecule has 7 heteroatoms. The van der Waals surface area contributed by atoms with Crippen LogP contribution in [0.25, 0.3) is 11.3 Å². The van der Waals surface area contributed by atoms with Crippen LogP contribution in [0.1, 0.15) is 10.4 Å². The Balaban J connectivity index is 0.00000161. The van der Waals surface area contributed by atoms with E-state index < -0.39 is 0 Å². The Morgan fingerprint density at radius 2 is 2.14 bits per heavy atom. The summed E-state index contributed by atoms with van der Waals surface area (Å²) in [4.78, 5) is 12.1. The van der Waals surface area contributed by atoms with Gasteiger partial charge in [-0.3, -0.25) is 9.89 Å². The second-order valence-electron chi connectivity index (χ2n) is 4.87. The molecule has 0 saturated carbocycles. The maximum atomic E-state index is 13.8. The van der Waals surface area contributed by atoms with E-state index in [4.69, 9.17) is 0 Å². The van der Waals surface area contributed by atoms with Gasteiger partial charge in [0.15, 0.2) is 0 Å². The highest BCUT2D eigenvalue weighted by Crippen LogP contribution is 2.23. The first kappa shape index (κ1) is 15.5. The highest BCUT2D eigenvalue weighted by Gasteiger charge is 2.20. The fraction of sp³-hybridized carbons (Fsp3) is 0.286. The Morgan fingerprint density at radius 1 is 1.38 bits per heavy atom. The molecule has 5 nitrogen and oxygen atoms in total. The van der Waals surface area contributed by atoms with Crippen molar-refractivity contribution in [2.45, 2.75) is 0 Å². The van der Waals surface area contributed by atoms with Gasteiger partial charge in [0, 0.05) is 31.1 Å². The summed E-state index contributed by atoms with van der Waals surface area (Å²) in [7, 11) is 0. The van der Waals surface area contributed by atoms with Crippen molar-refractivity contribution in [1.82, 2.24) is 20.8 Å². The van der Waals surface area contributed by atoms with Crippen molar-refractivity contribution in [3.8, 4) is 11.3 Å². The zero-order valence-corrected chi connectivity index (χ0v) is 12.0. The van der Waals surface area contributed by atoms with Crippen LogP contribution in [0.5, 0.6) is 0 Å². The smallest absolute Gasteiger partial charge is 0.255 e. The van der Waals surface area contributed by atoms with Crippen LogP contribution >= 0.6 is 12.4 Å². The zero-order valence-electron chi connectivity index (χ0n) is 11.2. The average molecular weight is 311 g/mol. The van der Waals surface area contributed by atoms with Crippen molar-refractivity contribution in [2.24, 2.45) is 5.92 Å². The van der Waals surface area contributed by atoms with Gasteiger partial charge in [0.25, 0.3) is 5.91 Å². The minimum Gasteiger partial charge on any atom is -0.352 e. The Hall–Kier alpha value is -1.92. The molecule has 1 aliphatic heterocycles. The number of hydrogen-bond donors (Lipinski definition) is 3. The van der Waals surface area contributed by atoms with E-state index >= 15 is 0 Å². The van der Waals surface area contributed by atoms with Crippen molar-refractivity contribution in [3.05, 3.63) is 41.8 Å². The van der Waals surface area contributed by atoms with Crippen LogP contribution in [0.15, 0.2) is 30.5 Å². The summed E-state index contributed by atoms with van der Waals surface area (Å²) in [5, 5.41) is 12.6. The van der Waals surface area contributed by atoms with Crippen molar-refractivity contribution in [1.29, 1.82) is 0 Å². The van der Waals surface area contributed by atoms with Crippen LogP contribution in [0.3, 0.4) is 0 Å². The molecular weight excluding hydrogens is 295 g/mol. The number of carbonyl (C=O) groups excluding carboxylic acids is 1. The van der Waals surface area contributed by atoms with Gasteiger partial charge in [-0.05, 0) is 12.1 Å². The van der Waals surface area contributed by atoms with Gasteiger partial charge in [-0.25, -0.2) is 4.39 Å². The quantitative estimate of drug-likeness (QED) is 0.803. The molecular formula is C14H16ClFN4O. The molecule has 1 aromatic heterocycles. The summed E-state index contributed by atoms with van der Waals surface area (Å²) in [6, 6.07) is 6.31. The first-order chi connectivity index (χ1) is 9.75. The van der Waals surface area contributed by atoms with Crippen LogP contribution in [-0.2, 0) is 0 Å². The van der Waals surface area contributed by atoms with E-state index in [1.807, 2.05) is 0 Å². The van der Waals surface area contributed by atoms with E-state index in [0.29, 0.717) is 29.3 Å². The number of nitrogens with one attached hydrogen (secondary N) is 3. The number of amides is 1. The van der Waals surface area contributed by atoms with Crippen molar-refractivity contribution in [2.75, 3.05) is 19.6 Å². The molecule has 1 saturated heterocycles. The van der Waals surface area contributed by atoms with E-state index in [9.17, 15) is 9.18 Å². The number of halogens is 2. The Morgan fingerprint density at radius 3 is 2.81 bits per heavy atom. The van der Waals surface area contributed by atoms with Crippen molar-refractivity contribution in [3.63, 3.8) is 0 Å². The van der Waals surface area contributed by atoms with Gasteiger partial charge in [-0.2, -0.15) is 5.10 Å². The zero-order chi connectivity index (χ0) is 13.9. The second-order valence-corrected chi connectivity index (χ2v) is 4.87. The first-order valence-electron chi connectivity index (χ1n) is 6.53. The average Bonchev–Trinajstić information content (AvgIpc) is 2.86. The Kier molecular flexibility index (Phi) is 4.93. The number of benzene rings is 1. The lowest BCUT2D eigenvalue weighted by atomic mass is 10.0. The maximum absolute atomic E-state index is 13.8. The molecule has 2 aromatic rings. The largest absolute Gasteiger partial charge is 0.352 e. The molecule has 0 bridgehead atoms. The van der Waals surface area contributed by atoms with Gasteiger partial charge in [0.05, 0.1) is 17.5 Å². The van der Waals surface area contributed by atoms with Gasteiger partial charge in [-0.1, -0.05) is 12.1 Å². The number of carbonyl (C=O) groups is 1. The number of nitrogens with zero attached hydrogens (tertiary/aromatic N) is 1. The highest BCUT2D eigenvalue weighted by molar-refractivity contribution is 5.99. The summed E-state index contributed by atoms with van der Waals surface area (Å²) in [6.07, 6.45) is 1.43. The third-order valence-electron chi connectivity index (χ3n) is 3.44. The molecule has 1 amide bonds. The maximum Gasteiger partial charge on any atom is 0.255 e. The van der Waals surface area contributed by atoms with Crippen LogP contribution in [-0.4, -0.2) is 35.7 Å². The number of hydrogen-bond acceptors (Lipinski definition) is 3. The summed E-state index contributed by atoms with van der Waals surface area (Å²) in [5.41, 5.74) is 1.12. The molecule has 3 rings (SSSR count). The monoisotopic (exact) mass is 310 g/mol. The van der Waals surface area contributed by atoms with Crippen LogP contribution < -0.4 is 10.6 Å². The normalized spacial score (nSPS) is 14.1. The summed E-state index contributed by atoms with van der Waals surface area (Å²) >= 11 is 0. The molecule has 2 heterocycles. The Bertz CT molecular complexity index is 627. The molecule has 1 aliphatic rings. The van der Waals surface area contributed by atoms with Crippen LogP contribution in [0.2, 0.25) is 0 Å². The summed E-state index contributed by atoms with van der Waals surface area (Å²) in [5.74, 6) is -0.138. The van der Waals surface area contributed by atoms with Gasteiger partial charge < -0.3 is 10.6 Å². The van der Waals surface area contributed by atoms with E-state index in [1.54, 1.807) is 18.2 Å². The third kappa shape index (κ3) is 3.22. The summed E-state index contributed by atoms with van der Waals surface area (Å²) < 4.78 is 13.8. The number of aromatic nitrogens is 2. The lowest BCUT2D eigenvalue weighted by Gasteiger charge is -2.27. The van der Waals surface area contributed by atoms with Gasteiger partial charge in [0.1, 0.15) is 5.82 Å². The lowest BCUT2D eigenvalue weighted by Crippen LogP contribution is -2.48. The SMILES string of the molecule is Cl.O=C(NCC1CNC1)c1cn[nH]c1-c1ccccc1F.